The molecule has 2 amide bonds. The summed E-state index contributed by atoms with van der Waals surface area (Å²) in [6.45, 7) is 2.93. The van der Waals surface area contributed by atoms with Crippen molar-refractivity contribution in [3.05, 3.63) is 76.5 Å². The van der Waals surface area contributed by atoms with E-state index in [1.807, 2.05) is 12.1 Å². The van der Waals surface area contributed by atoms with Gasteiger partial charge >= 0.3 is 0 Å². The third kappa shape index (κ3) is 5.56. The SMILES string of the molecule is O=C(Nc1ccc(F)c(NC(=O)c2cc3ccc(CN4CC[C@H](O)C4)nc3s2)c1)c1ccc2c(c1)OCCO2. The zero-order chi connectivity index (χ0) is 26.9. The number of likely N-dealkylation sites (tertiary alicyclic amines) is 1. The van der Waals surface area contributed by atoms with E-state index in [4.69, 9.17) is 9.47 Å². The maximum Gasteiger partial charge on any atom is 0.265 e. The van der Waals surface area contributed by atoms with Crippen LogP contribution in [0.5, 0.6) is 11.5 Å². The van der Waals surface area contributed by atoms with E-state index in [9.17, 15) is 19.1 Å². The number of hydrogen-bond donors (Lipinski definition) is 3. The summed E-state index contributed by atoms with van der Waals surface area (Å²) in [4.78, 5) is 33.7. The van der Waals surface area contributed by atoms with Crippen molar-refractivity contribution in [1.82, 2.24) is 9.88 Å². The van der Waals surface area contributed by atoms with E-state index in [0.29, 0.717) is 58.8 Å². The summed E-state index contributed by atoms with van der Waals surface area (Å²) < 4.78 is 25.6. The summed E-state index contributed by atoms with van der Waals surface area (Å²) in [5.41, 5.74) is 1.48. The number of aliphatic hydroxyl groups is 1. The maximum atomic E-state index is 14.6. The second-order valence-electron chi connectivity index (χ2n) is 9.45. The Labute approximate surface area is 227 Å². The molecule has 4 aromatic rings. The number of aromatic nitrogens is 1. The molecule has 1 atom stereocenters. The highest BCUT2D eigenvalue weighted by atomic mass is 32.1. The van der Waals surface area contributed by atoms with Gasteiger partial charge in [0.15, 0.2) is 11.5 Å². The average molecular weight is 549 g/mol. The number of ether oxygens (including phenoxy) is 2. The number of carbonyl (C=O) groups excluding carboxylic acids is 2. The minimum atomic E-state index is -0.630. The van der Waals surface area contributed by atoms with E-state index in [-0.39, 0.29) is 11.8 Å². The lowest BCUT2D eigenvalue weighted by Crippen LogP contribution is -2.21. The van der Waals surface area contributed by atoms with Crippen LogP contribution in [-0.2, 0) is 6.54 Å². The van der Waals surface area contributed by atoms with Gasteiger partial charge in [0.2, 0.25) is 0 Å². The van der Waals surface area contributed by atoms with Crippen molar-refractivity contribution >= 4 is 44.7 Å². The predicted molar refractivity (Wildman–Crippen MR) is 145 cm³/mol. The Hall–Kier alpha value is -4.06. The van der Waals surface area contributed by atoms with Crippen molar-refractivity contribution < 1.29 is 28.6 Å². The summed E-state index contributed by atoms with van der Waals surface area (Å²) in [6.07, 6.45) is 0.456. The van der Waals surface area contributed by atoms with Gasteiger partial charge in [-0.25, -0.2) is 9.37 Å². The highest BCUT2D eigenvalue weighted by molar-refractivity contribution is 7.20. The number of halogens is 1. The third-order valence-electron chi connectivity index (χ3n) is 6.57. The number of amides is 2. The monoisotopic (exact) mass is 548 g/mol. The second-order valence-corrected chi connectivity index (χ2v) is 10.5. The number of carbonyl (C=O) groups is 2. The molecular weight excluding hydrogens is 523 g/mol. The van der Waals surface area contributed by atoms with Crippen LogP contribution in [0, 0.1) is 5.82 Å². The molecule has 3 N–H and O–H groups in total. The van der Waals surface area contributed by atoms with Gasteiger partial charge in [0.05, 0.1) is 22.4 Å². The molecule has 4 heterocycles. The summed E-state index contributed by atoms with van der Waals surface area (Å²) in [6, 6.07) is 14.4. The third-order valence-corrected chi connectivity index (χ3v) is 7.62. The smallest absolute Gasteiger partial charge is 0.265 e. The number of hydrogen-bond acceptors (Lipinski definition) is 8. The standard InChI is InChI=1S/C28H25FN4O5S/c29-21-5-4-18(30-26(35)16-2-6-23-24(11-16)38-10-9-37-23)13-22(21)32-27(36)25-12-17-1-3-19(31-28(17)39-25)14-33-8-7-20(34)15-33/h1-6,11-13,20,34H,7-10,14-15H2,(H,30,35)(H,32,36)/t20-/m0/s1. The van der Waals surface area contributed by atoms with E-state index in [1.165, 1.54) is 29.5 Å². The number of nitrogens with zero attached hydrogens (tertiary/aromatic N) is 2. The van der Waals surface area contributed by atoms with Gasteiger partial charge in [-0.15, -0.1) is 11.3 Å². The fourth-order valence-corrected chi connectivity index (χ4v) is 5.56. The molecule has 1 saturated heterocycles. The first-order valence-corrected chi connectivity index (χ1v) is 13.3. The van der Waals surface area contributed by atoms with Crippen molar-refractivity contribution in [2.45, 2.75) is 19.1 Å². The molecule has 0 aliphatic carbocycles. The summed E-state index contributed by atoms with van der Waals surface area (Å²) in [7, 11) is 0. The Balaban J connectivity index is 1.14. The van der Waals surface area contributed by atoms with Gasteiger partial charge in [0.25, 0.3) is 11.8 Å². The van der Waals surface area contributed by atoms with Crippen LogP contribution in [0.4, 0.5) is 15.8 Å². The maximum absolute atomic E-state index is 14.6. The highest BCUT2D eigenvalue weighted by Crippen LogP contribution is 2.31. The molecule has 6 rings (SSSR count). The molecule has 0 spiro atoms. The average Bonchev–Trinajstić information content (AvgIpc) is 3.55. The Kier molecular flexibility index (Phi) is 6.86. The molecule has 200 valence electrons. The molecule has 2 aliphatic heterocycles. The van der Waals surface area contributed by atoms with E-state index >= 15 is 0 Å². The fourth-order valence-electron chi connectivity index (χ4n) is 4.61. The number of thiophene rings is 1. The van der Waals surface area contributed by atoms with E-state index in [0.717, 1.165) is 24.0 Å². The Morgan fingerprint density at radius 3 is 2.69 bits per heavy atom. The molecule has 9 nitrogen and oxygen atoms in total. The van der Waals surface area contributed by atoms with Gasteiger partial charge in [-0.1, -0.05) is 6.07 Å². The molecule has 0 bridgehead atoms. The van der Waals surface area contributed by atoms with Crippen LogP contribution in [0.15, 0.2) is 54.6 Å². The number of pyridine rings is 1. The molecule has 0 radical (unpaired) electrons. The van der Waals surface area contributed by atoms with Crippen molar-refractivity contribution in [2.24, 2.45) is 0 Å². The summed E-state index contributed by atoms with van der Waals surface area (Å²) in [5, 5.41) is 15.9. The first kappa shape index (κ1) is 25.2. The lowest BCUT2D eigenvalue weighted by atomic mass is 10.1. The minimum absolute atomic E-state index is 0.0568. The predicted octanol–water partition coefficient (Wildman–Crippen LogP) is 4.28. The Bertz CT molecular complexity index is 1580. The summed E-state index contributed by atoms with van der Waals surface area (Å²) in [5.74, 6) is -0.457. The minimum Gasteiger partial charge on any atom is -0.486 e. The zero-order valence-corrected chi connectivity index (χ0v) is 21.6. The number of nitrogens with one attached hydrogen (secondary N) is 2. The van der Waals surface area contributed by atoms with E-state index in [2.05, 4.69) is 20.5 Å². The van der Waals surface area contributed by atoms with Gasteiger partial charge in [-0.05, 0) is 55.0 Å². The molecule has 11 heteroatoms. The van der Waals surface area contributed by atoms with Gasteiger partial charge < -0.3 is 25.2 Å². The fraction of sp³-hybridized carbons (Fsp3) is 0.250. The van der Waals surface area contributed by atoms with Crippen LogP contribution in [-0.4, -0.2) is 59.2 Å². The van der Waals surface area contributed by atoms with Crippen molar-refractivity contribution in [3.63, 3.8) is 0 Å². The molecule has 0 unspecified atom stereocenters. The molecule has 39 heavy (non-hydrogen) atoms. The van der Waals surface area contributed by atoms with Gasteiger partial charge in [0.1, 0.15) is 23.9 Å². The second kappa shape index (κ2) is 10.6. The Morgan fingerprint density at radius 1 is 1.03 bits per heavy atom. The van der Waals surface area contributed by atoms with Crippen molar-refractivity contribution in [1.29, 1.82) is 0 Å². The van der Waals surface area contributed by atoms with Crippen LogP contribution in [0.25, 0.3) is 10.2 Å². The number of rotatable bonds is 6. The van der Waals surface area contributed by atoms with E-state index in [1.54, 1.807) is 24.3 Å². The van der Waals surface area contributed by atoms with Gasteiger partial charge in [-0.2, -0.15) is 0 Å². The zero-order valence-electron chi connectivity index (χ0n) is 20.8. The Morgan fingerprint density at radius 2 is 1.87 bits per heavy atom. The molecule has 0 saturated carbocycles. The number of benzene rings is 2. The molecular formula is C28H25FN4O5S. The largest absolute Gasteiger partial charge is 0.486 e. The molecule has 1 fully saturated rings. The normalized spacial score (nSPS) is 16.8. The van der Waals surface area contributed by atoms with Crippen LogP contribution in [0.2, 0.25) is 0 Å². The van der Waals surface area contributed by atoms with Gasteiger partial charge in [-0.3, -0.25) is 14.5 Å². The topological polar surface area (TPSA) is 113 Å². The first-order chi connectivity index (χ1) is 18.9. The molecule has 2 aromatic heterocycles. The van der Waals surface area contributed by atoms with E-state index < -0.39 is 17.6 Å². The van der Waals surface area contributed by atoms with Gasteiger partial charge in [0, 0.05) is 36.3 Å². The number of anilines is 2. The quantitative estimate of drug-likeness (QED) is 0.330. The van der Waals surface area contributed by atoms with Crippen LogP contribution < -0.4 is 20.1 Å². The van der Waals surface area contributed by atoms with Crippen molar-refractivity contribution in [2.75, 3.05) is 36.9 Å². The van der Waals surface area contributed by atoms with Crippen LogP contribution in [0.3, 0.4) is 0 Å². The first-order valence-electron chi connectivity index (χ1n) is 12.5. The summed E-state index contributed by atoms with van der Waals surface area (Å²) >= 11 is 1.22. The molecule has 2 aromatic carbocycles. The number of fused-ring (bicyclic) bond motifs is 2. The van der Waals surface area contributed by atoms with Crippen LogP contribution in [0.1, 0.15) is 32.1 Å². The number of β-amino-alcohol motifs (C(OH)–C–C–N with tert-alkyl or cyclic N) is 1. The lowest BCUT2D eigenvalue weighted by molar-refractivity contribution is 0.102. The lowest BCUT2D eigenvalue weighted by Gasteiger charge is -2.18. The number of aliphatic hydroxyl groups excluding tert-OH is 1. The molecule has 2 aliphatic rings. The van der Waals surface area contributed by atoms with Crippen molar-refractivity contribution in [3.8, 4) is 11.5 Å². The van der Waals surface area contributed by atoms with Crippen LogP contribution >= 0.6 is 11.3 Å². The highest BCUT2D eigenvalue weighted by Gasteiger charge is 2.21.